The van der Waals surface area contributed by atoms with Crippen LogP contribution in [0, 0.1) is 13.8 Å². The number of fused-ring (bicyclic) bond motifs is 6. The highest BCUT2D eigenvalue weighted by atomic mass is 35.5. The van der Waals surface area contributed by atoms with Gasteiger partial charge in [-0.05, 0) is 73.0 Å². The van der Waals surface area contributed by atoms with Gasteiger partial charge >= 0.3 is 0 Å². The molecule has 1 atom stereocenters. The smallest absolute Gasteiger partial charge is 0.297 e. The summed E-state index contributed by atoms with van der Waals surface area (Å²) in [7, 11) is 0. The number of hydrogen-bond donors (Lipinski definition) is 0. The molecular weight excluding hydrogens is 617 g/mol. The van der Waals surface area contributed by atoms with E-state index < -0.39 is 22.8 Å². The Morgan fingerprint density at radius 3 is 2.45 bits per heavy atom. The molecule has 0 bridgehead atoms. The zero-order valence-corrected chi connectivity index (χ0v) is 25.7. The Hall–Kier alpha value is -4.50. The van der Waals surface area contributed by atoms with Crippen molar-refractivity contribution in [3.63, 3.8) is 0 Å². The standard InChI is InChI=1S/C34H21Cl2N3O4S/c1-17-13-18(2)28-26(14-17)44-33(37-28)39-31(41)30-27(29(40)22-15-21(36)11-12-25(22)43-30)34(39)23-5-3-4-6-24(23)38(32(34)42)16-19-7-9-20(35)10-8-19/h3-15H,16H2,1-2H3. The highest BCUT2D eigenvalue weighted by molar-refractivity contribution is 7.22. The van der Waals surface area contributed by atoms with Crippen LogP contribution in [0.15, 0.2) is 88.1 Å². The first-order valence-electron chi connectivity index (χ1n) is 13.8. The van der Waals surface area contributed by atoms with Crippen molar-refractivity contribution < 1.29 is 14.0 Å². The molecule has 0 saturated heterocycles. The van der Waals surface area contributed by atoms with E-state index in [0.717, 1.165) is 26.9 Å². The molecular formula is C34H21Cl2N3O4S. The second-order valence-corrected chi connectivity index (χ2v) is 13.0. The molecule has 2 aromatic heterocycles. The van der Waals surface area contributed by atoms with Crippen molar-refractivity contribution in [1.82, 2.24) is 4.98 Å². The van der Waals surface area contributed by atoms with Crippen LogP contribution in [0.25, 0.3) is 21.2 Å². The molecule has 6 aromatic rings. The van der Waals surface area contributed by atoms with Gasteiger partial charge in [0.25, 0.3) is 11.8 Å². The first kappa shape index (κ1) is 27.1. The average molecular weight is 639 g/mol. The van der Waals surface area contributed by atoms with E-state index in [0.29, 0.717) is 26.4 Å². The van der Waals surface area contributed by atoms with E-state index in [2.05, 4.69) is 0 Å². The number of aromatic nitrogens is 1. The fourth-order valence-electron chi connectivity index (χ4n) is 6.52. The number of aryl methyl sites for hydroxylation is 2. The molecule has 216 valence electrons. The molecule has 8 rings (SSSR count). The normalized spacial score (nSPS) is 17.4. The number of para-hydroxylation sites is 1. The monoisotopic (exact) mass is 637 g/mol. The quantitative estimate of drug-likeness (QED) is 0.198. The lowest BCUT2D eigenvalue weighted by molar-refractivity contribution is -0.121. The van der Waals surface area contributed by atoms with E-state index in [9.17, 15) is 9.59 Å². The summed E-state index contributed by atoms with van der Waals surface area (Å²) in [6, 6.07) is 23.1. The SMILES string of the molecule is Cc1cc(C)c2nc(N3C(=O)c4oc5ccc(Cl)cc5c(=O)c4C34C(=O)N(Cc3ccc(Cl)cc3)c3ccccc34)sc2c1. The Morgan fingerprint density at radius 1 is 0.909 bits per heavy atom. The molecule has 4 heterocycles. The topological polar surface area (TPSA) is 83.7 Å². The van der Waals surface area contributed by atoms with Crippen molar-refractivity contribution in [3.8, 4) is 0 Å². The van der Waals surface area contributed by atoms with E-state index in [-0.39, 0.29) is 28.8 Å². The molecule has 2 aliphatic rings. The summed E-state index contributed by atoms with van der Waals surface area (Å²) in [5.74, 6) is -1.26. The maximum absolute atomic E-state index is 15.1. The lowest BCUT2D eigenvalue weighted by Crippen LogP contribution is -2.53. The van der Waals surface area contributed by atoms with E-state index in [1.807, 2.05) is 50.2 Å². The second kappa shape index (κ2) is 9.50. The van der Waals surface area contributed by atoms with Crippen LogP contribution in [0.3, 0.4) is 0 Å². The van der Waals surface area contributed by atoms with E-state index in [1.54, 1.807) is 41.3 Å². The van der Waals surface area contributed by atoms with E-state index in [4.69, 9.17) is 32.6 Å². The van der Waals surface area contributed by atoms with Crippen molar-refractivity contribution in [2.24, 2.45) is 0 Å². The van der Waals surface area contributed by atoms with Crippen LogP contribution in [-0.2, 0) is 16.9 Å². The molecule has 0 aliphatic carbocycles. The molecule has 1 spiro atoms. The average Bonchev–Trinajstić information content (AvgIpc) is 3.61. The van der Waals surface area contributed by atoms with Crippen LogP contribution in [0.5, 0.6) is 0 Å². The minimum Gasteiger partial charge on any atom is -0.450 e. The van der Waals surface area contributed by atoms with Crippen molar-refractivity contribution >= 4 is 78.4 Å². The molecule has 4 aromatic carbocycles. The minimum atomic E-state index is -1.86. The minimum absolute atomic E-state index is 0.0412. The lowest BCUT2D eigenvalue weighted by Gasteiger charge is -2.32. The Bertz CT molecular complexity index is 2300. The number of rotatable bonds is 3. The number of hydrogen-bond acceptors (Lipinski definition) is 6. The van der Waals surface area contributed by atoms with E-state index in [1.165, 1.54) is 22.3 Å². The summed E-state index contributed by atoms with van der Waals surface area (Å²) in [5.41, 5.74) is 2.43. The first-order valence-corrected chi connectivity index (χ1v) is 15.4. The Morgan fingerprint density at radius 2 is 1.66 bits per heavy atom. The number of thiazole rings is 1. The fraction of sp³-hybridized carbons (Fsp3) is 0.118. The molecule has 44 heavy (non-hydrogen) atoms. The van der Waals surface area contributed by atoms with Crippen LogP contribution in [0.4, 0.5) is 10.8 Å². The van der Waals surface area contributed by atoms with Crippen molar-refractivity contribution in [2.75, 3.05) is 9.80 Å². The zero-order valence-electron chi connectivity index (χ0n) is 23.4. The molecule has 0 radical (unpaired) electrons. The number of carbonyl (C=O) groups is 2. The number of carbonyl (C=O) groups excluding carboxylic acids is 2. The highest BCUT2D eigenvalue weighted by Crippen LogP contribution is 2.55. The number of benzene rings is 4. The Balaban J connectivity index is 1.45. The lowest BCUT2D eigenvalue weighted by atomic mass is 9.84. The van der Waals surface area contributed by atoms with Crippen LogP contribution in [-0.4, -0.2) is 16.8 Å². The van der Waals surface area contributed by atoms with Crippen LogP contribution in [0.1, 0.15) is 38.4 Å². The third kappa shape index (κ3) is 3.62. The van der Waals surface area contributed by atoms with Crippen molar-refractivity contribution in [2.45, 2.75) is 25.9 Å². The van der Waals surface area contributed by atoms with Gasteiger partial charge in [0.1, 0.15) is 5.58 Å². The summed E-state index contributed by atoms with van der Waals surface area (Å²) in [5, 5.41) is 1.38. The number of halogens is 2. The summed E-state index contributed by atoms with van der Waals surface area (Å²) in [6.07, 6.45) is 0. The van der Waals surface area contributed by atoms with Gasteiger partial charge in [0.05, 0.1) is 33.4 Å². The van der Waals surface area contributed by atoms with Gasteiger partial charge in [-0.15, -0.1) is 0 Å². The van der Waals surface area contributed by atoms with Crippen LogP contribution in [0.2, 0.25) is 10.0 Å². The first-order chi connectivity index (χ1) is 21.2. The predicted octanol–water partition coefficient (Wildman–Crippen LogP) is 7.78. The van der Waals surface area contributed by atoms with Gasteiger partial charge in [0, 0.05) is 15.6 Å². The zero-order chi connectivity index (χ0) is 30.5. The van der Waals surface area contributed by atoms with Gasteiger partial charge in [-0.1, -0.05) is 70.9 Å². The molecule has 0 N–H and O–H groups in total. The van der Waals surface area contributed by atoms with Gasteiger partial charge in [0.15, 0.2) is 16.1 Å². The van der Waals surface area contributed by atoms with Crippen molar-refractivity contribution in [1.29, 1.82) is 0 Å². The van der Waals surface area contributed by atoms with Crippen LogP contribution >= 0.6 is 34.5 Å². The molecule has 1 unspecified atom stereocenters. The summed E-state index contributed by atoms with van der Waals surface area (Å²) < 4.78 is 7.04. The Labute approximate surface area is 264 Å². The van der Waals surface area contributed by atoms with Gasteiger partial charge in [0.2, 0.25) is 5.76 Å². The fourth-order valence-corrected chi connectivity index (χ4v) is 8.01. The van der Waals surface area contributed by atoms with Crippen molar-refractivity contribution in [3.05, 3.63) is 133 Å². The molecule has 0 fully saturated rings. The summed E-state index contributed by atoms with van der Waals surface area (Å²) >= 11 is 13.7. The molecule has 10 heteroatoms. The van der Waals surface area contributed by atoms with Gasteiger partial charge < -0.3 is 9.32 Å². The van der Waals surface area contributed by atoms with Crippen LogP contribution < -0.4 is 15.2 Å². The second-order valence-electron chi connectivity index (χ2n) is 11.1. The van der Waals surface area contributed by atoms with Gasteiger partial charge in [-0.3, -0.25) is 19.3 Å². The number of amides is 2. The molecule has 2 aliphatic heterocycles. The number of anilines is 2. The summed E-state index contributed by atoms with van der Waals surface area (Å²) in [6.45, 7) is 4.14. The molecule has 0 saturated carbocycles. The maximum Gasteiger partial charge on any atom is 0.297 e. The van der Waals surface area contributed by atoms with Gasteiger partial charge in [-0.25, -0.2) is 4.98 Å². The van der Waals surface area contributed by atoms with Gasteiger partial charge in [-0.2, -0.15) is 0 Å². The Kier molecular flexibility index (Phi) is 5.85. The maximum atomic E-state index is 15.1. The van der Waals surface area contributed by atoms with E-state index >= 15 is 4.79 Å². The molecule has 7 nitrogen and oxygen atoms in total. The highest BCUT2D eigenvalue weighted by Gasteiger charge is 2.66. The number of nitrogens with zero attached hydrogens (tertiary/aromatic N) is 3. The molecule has 2 amide bonds. The summed E-state index contributed by atoms with van der Waals surface area (Å²) in [4.78, 5) is 52.0. The third-order valence-corrected chi connectivity index (χ3v) is 9.82. The largest absolute Gasteiger partial charge is 0.450 e. The third-order valence-electron chi connectivity index (χ3n) is 8.35. The predicted molar refractivity (Wildman–Crippen MR) is 173 cm³/mol.